The molecule has 28 heavy (non-hydrogen) atoms. The summed E-state index contributed by atoms with van der Waals surface area (Å²) in [5.74, 6) is -2.20. The fraction of sp³-hybridized carbons (Fsp3) is 0.647. The lowest BCUT2D eigenvalue weighted by atomic mass is 10.0. The van der Waals surface area contributed by atoms with Crippen LogP contribution in [0.25, 0.3) is 0 Å². The van der Waals surface area contributed by atoms with Crippen LogP contribution in [0.3, 0.4) is 0 Å². The van der Waals surface area contributed by atoms with Crippen molar-refractivity contribution in [1.82, 2.24) is 15.5 Å². The highest BCUT2D eigenvalue weighted by Crippen LogP contribution is 2.19. The van der Waals surface area contributed by atoms with Crippen LogP contribution in [-0.4, -0.2) is 87.3 Å². The predicted molar refractivity (Wildman–Crippen MR) is 95.6 cm³/mol. The minimum atomic E-state index is -0.963. The molecule has 4 N–H and O–H groups in total. The van der Waals surface area contributed by atoms with Crippen LogP contribution in [0, 0.1) is 0 Å². The quantitative estimate of drug-likeness (QED) is 0.229. The van der Waals surface area contributed by atoms with Crippen molar-refractivity contribution in [2.45, 2.75) is 18.9 Å². The van der Waals surface area contributed by atoms with Gasteiger partial charge in [0.05, 0.1) is 39.6 Å². The Morgan fingerprint density at radius 1 is 1.04 bits per heavy atom. The van der Waals surface area contributed by atoms with Gasteiger partial charge in [-0.1, -0.05) is 0 Å². The number of ether oxygens (including phenoxy) is 3. The van der Waals surface area contributed by atoms with Crippen molar-refractivity contribution in [3.8, 4) is 0 Å². The summed E-state index contributed by atoms with van der Waals surface area (Å²) in [6.45, 7) is 3.34. The van der Waals surface area contributed by atoms with Crippen molar-refractivity contribution >= 4 is 23.6 Å². The summed E-state index contributed by atoms with van der Waals surface area (Å²) in [5, 5.41) is 4.97. The van der Waals surface area contributed by atoms with Gasteiger partial charge < -0.3 is 25.3 Å². The van der Waals surface area contributed by atoms with Crippen LogP contribution in [-0.2, 0) is 33.4 Å². The zero-order valence-corrected chi connectivity index (χ0v) is 15.6. The Balaban J connectivity index is 1.60. The third kappa shape index (κ3) is 6.37. The number of amides is 4. The lowest BCUT2D eigenvalue weighted by molar-refractivity contribution is -0.149. The van der Waals surface area contributed by atoms with Crippen LogP contribution >= 0.6 is 0 Å². The van der Waals surface area contributed by atoms with Crippen molar-refractivity contribution in [2.24, 2.45) is 5.73 Å². The zero-order chi connectivity index (χ0) is 20.4. The second kappa shape index (κ2) is 11.5. The molecule has 2 heterocycles. The van der Waals surface area contributed by atoms with E-state index in [0.29, 0.717) is 52.7 Å². The number of nitrogens with one attached hydrogen (secondary N) is 2. The Bertz CT molecular complexity index is 623. The first kappa shape index (κ1) is 22.0. The highest BCUT2D eigenvalue weighted by molar-refractivity contribution is 6.18. The topological polar surface area (TPSA) is 149 Å². The second-order valence-electron chi connectivity index (χ2n) is 6.09. The minimum absolute atomic E-state index is 0.0886. The van der Waals surface area contributed by atoms with Crippen molar-refractivity contribution < 1.29 is 33.4 Å². The van der Waals surface area contributed by atoms with E-state index in [1.165, 1.54) is 0 Å². The third-order valence-corrected chi connectivity index (χ3v) is 4.04. The molecule has 0 aliphatic carbocycles. The molecule has 4 amide bonds. The summed E-state index contributed by atoms with van der Waals surface area (Å²) in [5.41, 5.74) is 5.39. The van der Waals surface area contributed by atoms with Gasteiger partial charge in [-0.3, -0.25) is 29.4 Å². The van der Waals surface area contributed by atoms with Gasteiger partial charge in [0.2, 0.25) is 11.8 Å². The number of nitrogens with zero attached hydrogens (tertiary/aromatic N) is 1. The predicted octanol–water partition coefficient (Wildman–Crippen LogP) is -2.36. The van der Waals surface area contributed by atoms with Crippen molar-refractivity contribution in [2.75, 3.05) is 52.7 Å². The summed E-state index contributed by atoms with van der Waals surface area (Å²) in [6.07, 6.45) is 1.37. The van der Waals surface area contributed by atoms with Gasteiger partial charge in [0.15, 0.2) is 0 Å². The van der Waals surface area contributed by atoms with Crippen molar-refractivity contribution in [3.63, 3.8) is 0 Å². The summed E-state index contributed by atoms with van der Waals surface area (Å²) in [4.78, 5) is 48.4. The van der Waals surface area contributed by atoms with Crippen molar-refractivity contribution in [3.05, 3.63) is 11.8 Å². The summed E-state index contributed by atoms with van der Waals surface area (Å²) < 4.78 is 15.8. The fourth-order valence-corrected chi connectivity index (χ4v) is 2.72. The molecule has 0 spiro atoms. The highest BCUT2D eigenvalue weighted by Gasteiger charge is 2.42. The van der Waals surface area contributed by atoms with Gasteiger partial charge in [0.25, 0.3) is 11.8 Å². The highest BCUT2D eigenvalue weighted by atomic mass is 16.5. The largest absolute Gasteiger partial charge is 0.378 e. The van der Waals surface area contributed by atoms with Crippen LogP contribution in [0.4, 0.5) is 0 Å². The number of hydrogen-bond acceptors (Lipinski definition) is 9. The number of nitrogens with two attached hydrogens (primary N) is 1. The van der Waals surface area contributed by atoms with E-state index in [1.54, 1.807) is 0 Å². The van der Waals surface area contributed by atoms with Gasteiger partial charge in [0.1, 0.15) is 11.7 Å². The van der Waals surface area contributed by atoms with Crippen LogP contribution in [0.15, 0.2) is 11.8 Å². The monoisotopic (exact) mass is 398 g/mol. The average molecular weight is 398 g/mol. The molecule has 11 nitrogen and oxygen atoms in total. The first-order valence-electron chi connectivity index (χ1n) is 9.14. The lowest BCUT2D eigenvalue weighted by Crippen LogP contribution is -2.54. The molecule has 0 aromatic carbocycles. The summed E-state index contributed by atoms with van der Waals surface area (Å²) in [6, 6.07) is -0.963. The Morgan fingerprint density at radius 2 is 1.68 bits per heavy atom. The van der Waals surface area contributed by atoms with E-state index in [-0.39, 0.29) is 18.5 Å². The molecular formula is C17H26N4O7. The summed E-state index contributed by atoms with van der Waals surface area (Å²) in [7, 11) is 0. The SMILES string of the molecule is NCCOCCOCCOCCNC1=CC(=O)N(C2CCC(=O)NC2=O)C1=O. The Kier molecular flexibility index (Phi) is 9.01. The van der Waals surface area contributed by atoms with Crippen LogP contribution in [0.1, 0.15) is 12.8 Å². The van der Waals surface area contributed by atoms with E-state index < -0.39 is 29.7 Å². The molecule has 0 radical (unpaired) electrons. The Hall–Kier alpha value is -2.34. The molecule has 2 aliphatic heterocycles. The molecule has 1 atom stereocenters. The fourth-order valence-electron chi connectivity index (χ4n) is 2.72. The molecule has 2 rings (SSSR count). The Morgan fingerprint density at radius 3 is 2.32 bits per heavy atom. The molecule has 1 fully saturated rings. The van der Waals surface area contributed by atoms with Gasteiger partial charge in [0, 0.05) is 25.6 Å². The van der Waals surface area contributed by atoms with Gasteiger partial charge in [-0.2, -0.15) is 0 Å². The molecule has 0 aromatic heterocycles. The summed E-state index contributed by atoms with van der Waals surface area (Å²) >= 11 is 0. The zero-order valence-electron chi connectivity index (χ0n) is 15.6. The molecule has 156 valence electrons. The Labute approximate surface area is 162 Å². The van der Waals surface area contributed by atoms with E-state index >= 15 is 0 Å². The molecule has 0 saturated carbocycles. The van der Waals surface area contributed by atoms with Crippen molar-refractivity contribution in [1.29, 1.82) is 0 Å². The smallest absolute Gasteiger partial charge is 0.277 e. The molecule has 1 saturated heterocycles. The van der Waals surface area contributed by atoms with E-state index in [4.69, 9.17) is 19.9 Å². The molecule has 1 unspecified atom stereocenters. The first-order valence-corrected chi connectivity index (χ1v) is 9.14. The van der Waals surface area contributed by atoms with Crippen LogP contribution in [0.5, 0.6) is 0 Å². The van der Waals surface area contributed by atoms with E-state index in [9.17, 15) is 19.2 Å². The molecule has 0 aromatic rings. The molecule has 0 bridgehead atoms. The van der Waals surface area contributed by atoms with E-state index in [1.807, 2.05) is 0 Å². The van der Waals surface area contributed by atoms with E-state index in [0.717, 1.165) is 11.0 Å². The minimum Gasteiger partial charge on any atom is -0.378 e. The van der Waals surface area contributed by atoms with Gasteiger partial charge >= 0.3 is 0 Å². The number of carbonyl (C=O) groups is 4. The van der Waals surface area contributed by atoms with Crippen LogP contribution < -0.4 is 16.4 Å². The third-order valence-electron chi connectivity index (χ3n) is 4.04. The van der Waals surface area contributed by atoms with Crippen LogP contribution in [0.2, 0.25) is 0 Å². The number of piperidine rings is 1. The number of rotatable bonds is 13. The maximum Gasteiger partial charge on any atom is 0.277 e. The normalized spacial score (nSPS) is 19.8. The molecular weight excluding hydrogens is 372 g/mol. The maximum absolute atomic E-state index is 12.4. The standard InChI is InChI=1S/C17H26N4O7/c18-3-5-26-7-9-28-10-8-27-6-4-19-12-11-15(23)21(17(12)25)13-1-2-14(22)20-16(13)24/h11,13,19H,1-10,18H2,(H,20,22,24). The number of imide groups is 2. The average Bonchev–Trinajstić information content (AvgIpc) is 2.94. The number of hydrogen-bond donors (Lipinski definition) is 3. The van der Waals surface area contributed by atoms with Gasteiger partial charge in [-0.15, -0.1) is 0 Å². The van der Waals surface area contributed by atoms with E-state index in [2.05, 4.69) is 10.6 Å². The first-order chi connectivity index (χ1) is 13.5. The second-order valence-corrected chi connectivity index (χ2v) is 6.09. The van der Waals surface area contributed by atoms with Gasteiger partial charge in [-0.05, 0) is 6.42 Å². The maximum atomic E-state index is 12.4. The van der Waals surface area contributed by atoms with Gasteiger partial charge in [-0.25, -0.2) is 0 Å². The molecule has 2 aliphatic rings. The molecule has 11 heteroatoms. The number of carbonyl (C=O) groups excluding carboxylic acids is 4. The lowest BCUT2D eigenvalue weighted by Gasteiger charge is -2.28.